The van der Waals surface area contributed by atoms with Crippen LogP contribution in [0.1, 0.15) is 23.5 Å². The monoisotopic (exact) mass is 426 g/mol. The third kappa shape index (κ3) is 4.13. The molecule has 160 valence electrons. The maximum Gasteiger partial charge on any atom is 0.418 e. The first-order valence-electron chi connectivity index (χ1n) is 8.76. The van der Waals surface area contributed by atoms with Crippen molar-refractivity contribution in [2.45, 2.75) is 25.1 Å². The standard InChI is InChI=1S/C18H17F3N4O5/c1-30-7-6-25-14-13(16(28)24-17(25)29)9(8-12(26)23-14)15(27)22-11-5-3-2-4-10(11)18(19,20)21/h2-5,9H,6-8H2,1H3,(H,22,27)(H,23,26)(H,24,28,29)/t9-/m1/s1. The number of carbonyl (C=O) groups is 2. The molecule has 3 N–H and O–H groups in total. The summed E-state index contributed by atoms with van der Waals surface area (Å²) < 4.78 is 45.5. The van der Waals surface area contributed by atoms with E-state index in [4.69, 9.17) is 4.74 Å². The molecular formula is C18H17F3N4O5. The summed E-state index contributed by atoms with van der Waals surface area (Å²) in [7, 11) is 1.39. The van der Waals surface area contributed by atoms with E-state index in [2.05, 4.69) is 15.6 Å². The molecule has 1 aromatic carbocycles. The lowest BCUT2D eigenvalue weighted by molar-refractivity contribution is -0.137. The molecule has 2 heterocycles. The van der Waals surface area contributed by atoms with Crippen LogP contribution in [0.15, 0.2) is 33.9 Å². The molecule has 2 amide bonds. The molecule has 0 spiro atoms. The number of halogens is 3. The number of fused-ring (bicyclic) bond motifs is 1. The lowest BCUT2D eigenvalue weighted by Gasteiger charge is -2.26. The molecule has 0 bridgehead atoms. The summed E-state index contributed by atoms with van der Waals surface area (Å²) in [6.45, 7) is 0.0457. The second-order valence-electron chi connectivity index (χ2n) is 6.50. The molecule has 12 heteroatoms. The maximum absolute atomic E-state index is 13.2. The summed E-state index contributed by atoms with van der Waals surface area (Å²) in [4.78, 5) is 51.5. The van der Waals surface area contributed by atoms with Gasteiger partial charge in [0.1, 0.15) is 5.82 Å². The van der Waals surface area contributed by atoms with E-state index in [-0.39, 0.29) is 24.5 Å². The van der Waals surface area contributed by atoms with Crippen molar-refractivity contribution < 1.29 is 27.5 Å². The van der Waals surface area contributed by atoms with Gasteiger partial charge in [0.2, 0.25) is 11.8 Å². The number of H-pyrrole nitrogens is 1. The quantitative estimate of drug-likeness (QED) is 0.665. The Bertz CT molecular complexity index is 1110. The molecule has 0 unspecified atom stereocenters. The summed E-state index contributed by atoms with van der Waals surface area (Å²) in [5.74, 6) is -3.22. The van der Waals surface area contributed by atoms with Crippen LogP contribution in [0.25, 0.3) is 0 Å². The summed E-state index contributed by atoms with van der Waals surface area (Å²) in [5, 5.41) is 4.54. The van der Waals surface area contributed by atoms with E-state index in [0.29, 0.717) is 0 Å². The lowest BCUT2D eigenvalue weighted by Crippen LogP contribution is -2.43. The Labute approximate surface area is 166 Å². The summed E-state index contributed by atoms with van der Waals surface area (Å²) in [6.07, 6.45) is -5.19. The van der Waals surface area contributed by atoms with Crippen molar-refractivity contribution in [3.8, 4) is 0 Å². The largest absolute Gasteiger partial charge is 0.418 e. The number of nitrogens with one attached hydrogen (secondary N) is 3. The van der Waals surface area contributed by atoms with Crippen LogP contribution in [0.2, 0.25) is 0 Å². The molecule has 3 rings (SSSR count). The van der Waals surface area contributed by atoms with Gasteiger partial charge in [-0.15, -0.1) is 0 Å². The number of para-hydroxylation sites is 1. The molecular weight excluding hydrogens is 409 g/mol. The predicted molar refractivity (Wildman–Crippen MR) is 99.3 cm³/mol. The minimum absolute atomic E-state index is 0.0278. The molecule has 0 aliphatic carbocycles. The molecule has 1 atom stereocenters. The molecule has 2 aromatic rings. The third-order valence-corrected chi connectivity index (χ3v) is 4.56. The minimum Gasteiger partial charge on any atom is -0.383 e. The van der Waals surface area contributed by atoms with Crippen molar-refractivity contribution in [1.29, 1.82) is 0 Å². The number of hydrogen-bond donors (Lipinski definition) is 3. The molecule has 1 aliphatic rings. The Morgan fingerprint density at radius 2 is 1.97 bits per heavy atom. The molecule has 9 nitrogen and oxygen atoms in total. The fourth-order valence-corrected chi connectivity index (χ4v) is 3.19. The Kier molecular flexibility index (Phi) is 5.78. The highest BCUT2D eigenvalue weighted by Gasteiger charge is 2.38. The fourth-order valence-electron chi connectivity index (χ4n) is 3.19. The molecule has 0 saturated carbocycles. The normalized spacial score (nSPS) is 16.0. The van der Waals surface area contributed by atoms with E-state index < -0.39 is 52.8 Å². The van der Waals surface area contributed by atoms with Crippen molar-refractivity contribution >= 4 is 23.3 Å². The molecule has 1 aromatic heterocycles. The number of nitrogens with zero attached hydrogens (tertiary/aromatic N) is 1. The minimum atomic E-state index is -4.72. The van der Waals surface area contributed by atoms with E-state index in [9.17, 15) is 32.3 Å². The second kappa shape index (κ2) is 8.14. The van der Waals surface area contributed by atoms with Crippen LogP contribution in [-0.2, 0) is 27.0 Å². The number of carbonyl (C=O) groups excluding carboxylic acids is 2. The van der Waals surface area contributed by atoms with Gasteiger partial charge in [-0.25, -0.2) is 4.79 Å². The Balaban J connectivity index is 2.04. The average molecular weight is 426 g/mol. The summed E-state index contributed by atoms with van der Waals surface area (Å²) in [6, 6.07) is 4.34. The average Bonchev–Trinajstić information content (AvgIpc) is 2.66. The van der Waals surface area contributed by atoms with Crippen LogP contribution in [0, 0.1) is 0 Å². The Hall–Kier alpha value is -3.41. The molecule has 1 aliphatic heterocycles. The van der Waals surface area contributed by atoms with Crippen molar-refractivity contribution in [3.63, 3.8) is 0 Å². The van der Waals surface area contributed by atoms with E-state index in [1.54, 1.807) is 0 Å². The highest BCUT2D eigenvalue weighted by Crippen LogP contribution is 2.36. The molecule has 0 saturated heterocycles. The van der Waals surface area contributed by atoms with Crippen molar-refractivity contribution in [2.75, 3.05) is 24.4 Å². The number of rotatable bonds is 5. The second-order valence-corrected chi connectivity index (χ2v) is 6.50. The SMILES string of the molecule is COCCn1c2c(c(=O)[nH]c1=O)[C@H](C(=O)Nc1ccccc1C(F)(F)F)CC(=O)N2. The van der Waals surface area contributed by atoms with Gasteiger partial charge in [-0.2, -0.15) is 13.2 Å². The van der Waals surface area contributed by atoms with Gasteiger partial charge in [-0.1, -0.05) is 12.1 Å². The number of amides is 2. The van der Waals surface area contributed by atoms with Gasteiger partial charge < -0.3 is 15.4 Å². The Morgan fingerprint density at radius 1 is 1.27 bits per heavy atom. The van der Waals surface area contributed by atoms with Crippen LogP contribution >= 0.6 is 0 Å². The zero-order valence-electron chi connectivity index (χ0n) is 15.6. The van der Waals surface area contributed by atoms with E-state index in [1.807, 2.05) is 0 Å². The van der Waals surface area contributed by atoms with Crippen molar-refractivity contribution in [3.05, 3.63) is 56.2 Å². The van der Waals surface area contributed by atoms with Crippen molar-refractivity contribution in [2.24, 2.45) is 0 Å². The number of ether oxygens (including phenoxy) is 1. The molecule has 0 radical (unpaired) electrons. The van der Waals surface area contributed by atoms with Crippen LogP contribution in [0.5, 0.6) is 0 Å². The van der Waals surface area contributed by atoms with Gasteiger partial charge in [-0.05, 0) is 12.1 Å². The van der Waals surface area contributed by atoms with Gasteiger partial charge in [0, 0.05) is 13.5 Å². The topological polar surface area (TPSA) is 122 Å². The first-order valence-corrected chi connectivity index (χ1v) is 8.76. The van der Waals surface area contributed by atoms with Gasteiger partial charge in [0.05, 0.1) is 35.9 Å². The van der Waals surface area contributed by atoms with Gasteiger partial charge in [0.25, 0.3) is 5.56 Å². The first-order chi connectivity index (χ1) is 14.1. The smallest absolute Gasteiger partial charge is 0.383 e. The van der Waals surface area contributed by atoms with E-state index in [0.717, 1.165) is 16.7 Å². The molecule has 0 fully saturated rings. The van der Waals surface area contributed by atoms with Crippen LogP contribution in [0.3, 0.4) is 0 Å². The highest BCUT2D eigenvalue weighted by molar-refractivity contribution is 6.04. The van der Waals surface area contributed by atoms with Crippen molar-refractivity contribution in [1.82, 2.24) is 9.55 Å². The third-order valence-electron chi connectivity index (χ3n) is 4.56. The first kappa shape index (κ1) is 21.3. The lowest BCUT2D eigenvalue weighted by atomic mass is 9.92. The number of methoxy groups -OCH3 is 1. The van der Waals surface area contributed by atoms with Crippen LogP contribution in [-0.4, -0.2) is 35.1 Å². The number of anilines is 2. The number of hydrogen-bond acceptors (Lipinski definition) is 5. The van der Waals surface area contributed by atoms with Crippen LogP contribution < -0.4 is 21.9 Å². The number of aromatic nitrogens is 2. The zero-order chi connectivity index (χ0) is 22.1. The van der Waals surface area contributed by atoms with Crippen LogP contribution in [0.4, 0.5) is 24.7 Å². The maximum atomic E-state index is 13.2. The number of aromatic amines is 1. The Morgan fingerprint density at radius 3 is 2.63 bits per heavy atom. The fraction of sp³-hybridized carbons (Fsp3) is 0.333. The summed E-state index contributed by atoms with van der Waals surface area (Å²) >= 11 is 0. The number of benzene rings is 1. The number of alkyl halides is 3. The van der Waals surface area contributed by atoms with E-state index >= 15 is 0 Å². The summed E-state index contributed by atoms with van der Waals surface area (Å²) in [5.41, 5.74) is -3.52. The molecule has 30 heavy (non-hydrogen) atoms. The van der Waals surface area contributed by atoms with E-state index in [1.165, 1.54) is 19.2 Å². The predicted octanol–water partition coefficient (Wildman–Crippen LogP) is 1.27. The van der Waals surface area contributed by atoms with Gasteiger partial charge >= 0.3 is 11.9 Å². The van der Waals surface area contributed by atoms with Gasteiger partial charge in [0.15, 0.2) is 0 Å². The highest BCUT2D eigenvalue weighted by atomic mass is 19.4. The van der Waals surface area contributed by atoms with Gasteiger partial charge in [-0.3, -0.25) is 23.9 Å². The zero-order valence-corrected chi connectivity index (χ0v) is 15.6.